The third-order valence-electron chi connectivity index (χ3n) is 5.39. The number of alkyl halides is 1. The van der Waals surface area contributed by atoms with Gasteiger partial charge < -0.3 is 5.32 Å². The summed E-state index contributed by atoms with van der Waals surface area (Å²) >= 11 is 2.29. The summed E-state index contributed by atoms with van der Waals surface area (Å²) in [6.07, 6.45) is 4.10. The van der Waals surface area contributed by atoms with Crippen LogP contribution < -0.4 is 5.32 Å². The molecule has 154 valence electrons. The average molecular weight is 526 g/mol. The molecular formula is C27H19IN4. The maximum atomic E-state index is 10.0. The van der Waals surface area contributed by atoms with Crippen LogP contribution in [0.1, 0.15) is 11.1 Å². The SMILES string of the molecule is N#CC1=C(c2cn(-c3ccccc3)nc2-c2ccccc2)C=C(c2ccccc2)NC1I. The minimum Gasteiger partial charge on any atom is -0.369 e. The molecule has 0 bridgehead atoms. The van der Waals surface area contributed by atoms with Crippen molar-refractivity contribution in [3.63, 3.8) is 0 Å². The topological polar surface area (TPSA) is 53.6 Å². The fourth-order valence-electron chi connectivity index (χ4n) is 3.83. The van der Waals surface area contributed by atoms with Gasteiger partial charge in [-0.15, -0.1) is 0 Å². The number of para-hydroxylation sites is 1. The summed E-state index contributed by atoms with van der Waals surface area (Å²) in [6, 6.07) is 32.8. The number of allylic oxidation sites excluding steroid dienone is 2. The predicted molar refractivity (Wildman–Crippen MR) is 137 cm³/mol. The molecule has 1 N–H and O–H groups in total. The van der Waals surface area contributed by atoms with E-state index < -0.39 is 0 Å². The van der Waals surface area contributed by atoms with E-state index in [4.69, 9.17) is 5.10 Å². The molecule has 1 atom stereocenters. The van der Waals surface area contributed by atoms with Crippen LogP contribution in [0.5, 0.6) is 0 Å². The Hall–Kier alpha value is -3.63. The maximum absolute atomic E-state index is 10.0. The normalized spacial score (nSPS) is 15.6. The van der Waals surface area contributed by atoms with Gasteiger partial charge in [-0.25, -0.2) is 4.68 Å². The molecule has 1 unspecified atom stereocenters. The number of nitrogens with zero attached hydrogens (tertiary/aromatic N) is 3. The lowest BCUT2D eigenvalue weighted by atomic mass is 9.93. The number of rotatable bonds is 4. The zero-order valence-electron chi connectivity index (χ0n) is 17.1. The van der Waals surface area contributed by atoms with Crippen LogP contribution in [-0.2, 0) is 0 Å². The number of aromatic nitrogens is 2. The van der Waals surface area contributed by atoms with Crippen molar-refractivity contribution in [1.29, 1.82) is 5.26 Å². The molecule has 1 aliphatic rings. The second-order valence-corrected chi connectivity index (χ2v) is 8.65. The van der Waals surface area contributed by atoms with Gasteiger partial charge in [0.2, 0.25) is 0 Å². The quantitative estimate of drug-likeness (QED) is 0.195. The van der Waals surface area contributed by atoms with Gasteiger partial charge in [0.05, 0.1) is 17.3 Å². The van der Waals surface area contributed by atoms with Crippen molar-refractivity contribution in [2.45, 2.75) is 4.05 Å². The number of nitrogens with one attached hydrogen (secondary N) is 1. The Bertz CT molecular complexity index is 1350. The van der Waals surface area contributed by atoms with Crippen LogP contribution in [0.2, 0.25) is 0 Å². The van der Waals surface area contributed by atoms with Crippen LogP contribution >= 0.6 is 22.6 Å². The molecule has 0 saturated heterocycles. The van der Waals surface area contributed by atoms with Crippen LogP contribution in [0.3, 0.4) is 0 Å². The van der Waals surface area contributed by atoms with Crippen LogP contribution in [0, 0.1) is 11.3 Å². The first kappa shape index (κ1) is 20.3. The molecule has 1 aliphatic heterocycles. The highest BCUT2D eigenvalue weighted by Crippen LogP contribution is 2.37. The molecule has 0 aliphatic carbocycles. The smallest absolute Gasteiger partial charge is 0.114 e. The van der Waals surface area contributed by atoms with Crippen molar-refractivity contribution in [3.8, 4) is 23.0 Å². The highest BCUT2D eigenvalue weighted by molar-refractivity contribution is 14.1. The molecule has 2 heterocycles. The van der Waals surface area contributed by atoms with Crippen LogP contribution in [0.4, 0.5) is 0 Å². The van der Waals surface area contributed by atoms with Crippen molar-refractivity contribution in [2.24, 2.45) is 0 Å². The predicted octanol–water partition coefficient (Wildman–Crippen LogP) is 6.22. The van der Waals surface area contributed by atoms with Gasteiger partial charge in [0.15, 0.2) is 0 Å². The number of benzene rings is 3. The first-order chi connectivity index (χ1) is 15.7. The third kappa shape index (κ3) is 3.85. The summed E-state index contributed by atoms with van der Waals surface area (Å²) in [5.74, 6) is 0. The fourth-order valence-corrected chi connectivity index (χ4v) is 4.64. The number of nitriles is 1. The Kier molecular flexibility index (Phi) is 5.61. The maximum Gasteiger partial charge on any atom is 0.114 e. The van der Waals surface area contributed by atoms with E-state index in [1.165, 1.54) is 0 Å². The van der Waals surface area contributed by atoms with Gasteiger partial charge >= 0.3 is 0 Å². The van der Waals surface area contributed by atoms with Gasteiger partial charge in [0, 0.05) is 28.6 Å². The van der Waals surface area contributed by atoms with Gasteiger partial charge in [0.1, 0.15) is 9.74 Å². The molecule has 1 aromatic heterocycles. The Morgan fingerprint density at radius 2 is 1.44 bits per heavy atom. The van der Waals surface area contributed by atoms with Gasteiger partial charge in [-0.1, -0.05) is 101 Å². The second kappa shape index (κ2) is 8.85. The van der Waals surface area contributed by atoms with Crippen LogP contribution in [0.15, 0.2) is 109 Å². The Balaban J connectivity index is 1.74. The standard InChI is InChI=1S/C27H19IN4/c28-27-23(17-29)22(16-25(30-27)19-10-4-1-5-11-19)24-18-32(21-14-8-3-9-15-21)31-26(24)20-12-6-2-7-13-20/h1-16,18,27,30H. The average Bonchev–Trinajstić information content (AvgIpc) is 3.31. The van der Waals surface area contributed by atoms with Crippen molar-refractivity contribution in [3.05, 3.63) is 120 Å². The van der Waals surface area contributed by atoms with E-state index >= 15 is 0 Å². The van der Waals surface area contributed by atoms with Crippen LogP contribution in [-0.4, -0.2) is 13.8 Å². The van der Waals surface area contributed by atoms with Gasteiger partial charge in [-0.05, 0) is 23.8 Å². The van der Waals surface area contributed by atoms with Crippen molar-refractivity contribution < 1.29 is 0 Å². The third-order valence-corrected chi connectivity index (χ3v) is 6.33. The van der Waals surface area contributed by atoms with E-state index in [9.17, 15) is 5.26 Å². The Morgan fingerprint density at radius 3 is 2.06 bits per heavy atom. The molecule has 4 aromatic rings. The van der Waals surface area contributed by atoms with Crippen molar-refractivity contribution >= 4 is 33.9 Å². The zero-order valence-corrected chi connectivity index (χ0v) is 19.3. The largest absolute Gasteiger partial charge is 0.369 e. The van der Waals surface area contributed by atoms with Crippen molar-refractivity contribution in [2.75, 3.05) is 0 Å². The summed E-state index contributed by atoms with van der Waals surface area (Å²) in [5.41, 5.74) is 7.44. The Morgan fingerprint density at radius 1 is 0.844 bits per heavy atom. The number of hydrogen-bond donors (Lipinski definition) is 1. The first-order valence-electron chi connectivity index (χ1n) is 10.3. The fraction of sp³-hybridized carbons (Fsp3) is 0.0370. The summed E-state index contributed by atoms with van der Waals surface area (Å²) < 4.78 is 1.75. The first-order valence-corrected chi connectivity index (χ1v) is 11.5. The number of halogens is 1. The molecule has 5 heteroatoms. The number of dihydropyridines is 1. The van der Waals surface area contributed by atoms with E-state index in [0.29, 0.717) is 5.57 Å². The van der Waals surface area contributed by atoms with E-state index in [1.54, 1.807) is 0 Å². The highest BCUT2D eigenvalue weighted by Gasteiger charge is 2.26. The summed E-state index contributed by atoms with van der Waals surface area (Å²) in [4.78, 5) is 0. The molecule has 0 amide bonds. The molecule has 3 aromatic carbocycles. The lowest BCUT2D eigenvalue weighted by Crippen LogP contribution is -2.27. The zero-order chi connectivity index (χ0) is 21.9. The van der Waals surface area contributed by atoms with E-state index in [-0.39, 0.29) is 4.05 Å². The van der Waals surface area contributed by atoms with Crippen LogP contribution in [0.25, 0.3) is 28.2 Å². The van der Waals surface area contributed by atoms with E-state index in [2.05, 4.69) is 64.3 Å². The molecule has 5 rings (SSSR count). The van der Waals surface area contributed by atoms with E-state index in [1.807, 2.05) is 77.6 Å². The molecule has 0 spiro atoms. The number of hydrogen-bond acceptors (Lipinski definition) is 3. The lowest BCUT2D eigenvalue weighted by molar-refractivity contribution is 0.884. The summed E-state index contributed by atoms with van der Waals surface area (Å²) in [7, 11) is 0. The minimum absolute atomic E-state index is 0.142. The molecule has 0 radical (unpaired) electrons. The second-order valence-electron chi connectivity index (χ2n) is 7.41. The molecule has 4 nitrogen and oxygen atoms in total. The van der Waals surface area contributed by atoms with Gasteiger partial charge in [-0.3, -0.25) is 0 Å². The van der Waals surface area contributed by atoms with E-state index in [0.717, 1.165) is 39.3 Å². The lowest BCUT2D eigenvalue weighted by Gasteiger charge is -2.24. The minimum atomic E-state index is -0.142. The monoisotopic (exact) mass is 526 g/mol. The molecule has 32 heavy (non-hydrogen) atoms. The Labute approximate surface area is 200 Å². The van der Waals surface area contributed by atoms with Crippen molar-refractivity contribution in [1.82, 2.24) is 15.1 Å². The summed E-state index contributed by atoms with van der Waals surface area (Å²) in [5, 5.41) is 18.4. The van der Waals surface area contributed by atoms with Gasteiger partial charge in [-0.2, -0.15) is 10.4 Å². The molecule has 0 saturated carbocycles. The molecular weight excluding hydrogens is 507 g/mol. The summed E-state index contributed by atoms with van der Waals surface area (Å²) in [6.45, 7) is 0. The van der Waals surface area contributed by atoms with Gasteiger partial charge in [0.25, 0.3) is 0 Å². The molecule has 0 fully saturated rings. The highest BCUT2D eigenvalue weighted by atomic mass is 127.